The summed E-state index contributed by atoms with van der Waals surface area (Å²) in [6, 6.07) is 0. The van der Waals surface area contributed by atoms with Gasteiger partial charge in [0.15, 0.2) is 5.79 Å². The fraction of sp³-hybridized carbons (Fsp3) is 1.00. The van der Waals surface area contributed by atoms with Crippen LogP contribution in [-0.2, 0) is 9.47 Å². The Balaban J connectivity index is 1.88. The molecule has 0 amide bonds. The molecule has 0 aromatic heterocycles. The second kappa shape index (κ2) is 9.27. The first-order valence-electron chi connectivity index (χ1n) is 10.1. The average molecular weight is 311 g/mol. The molecule has 0 saturated heterocycles. The van der Waals surface area contributed by atoms with E-state index in [0.29, 0.717) is 11.8 Å². The second-order valence-corrected chi connectivity index (χ2v) is 7.36. The number of hydrogen-bond acceptors (Lipinski definition) is 2. The Hall–Kier alpha value is -0.0800. The van der Waals surface area contributed by atoms with E-state index in [-0.39, 0.29) is 5.79 Å². The van der Waals surface area contributed by atoms with Gasteiger partial charge in [-0.25, -0.2) is 0 Å². The summed E-state index contributed by atoms with van der Waals surface area (Å²) in [5.74, 6) is 1.94. The lowest BCUT2D eigenvalue weighted by atomic mass is 9.84. The van der Waals surface area contributed by atoms with Crippen LogP contribution >= 0.6 is 0 Å². The van der Waals surface area contributed by atoms with Crippen molar-refractivity contribution in [3.05, 3.63) is 0 Å². The molecule has 0 aliphatic heterocycles. The molecule has 2 aliphatic carbocycles. The smallest absolute Gasteiger partial charge is 0.174 e. The van der Waals surface area contributed by atoms with E-state index in [0.717, 1.165) is 19.1 Å². The van der Waals surface area contributed by atoms with Crippen molar-refractivity contribution < 1.29 is 9.47 Å². The van der Waals surface area contributed by atoms with Crippen LogP contribution in [0.2, 0.25) is 0 Å². The monoisotopic (exact) mass is 310 g/mol. The molecule has 0 spiro atoms. The van der Waals surface area contributed by atoms with Gasteiger partial charge in [-0.15, -0.1) is 0 Å². The fourth-order valence-corrected chi connectivity index (χ4v) is 4.14. The minimum atomic E-state index is -0.242. The van der Waals surface area contributed by atoms with Crippen LogP contribution in [0.4, 0.5) is 0 Å². The molecule has 0 N–H and O–H groups in total. The maximum absolute atomic E-state index is 6.33. The van der Waals surface area contributed by atoms with Crippen molar-refractivity contribution in [3.63, 3.8) is 0 Å². The third kappa shape index (κ3) is 4.96. The Kier molecular flexibility index (Phi) is 7.70. The predicted molar refractivity (Wildman–Crippen MR) is 92.9 cm³/mol. The van der Waals surface area contributed by atoms with Gasteiger partial charge in [-0.2, -0.15) is 0 Å². The molecule has 22 heavy (non-hydrogen) atoms. The summed E-state index contributed by atoms with van der Waals surface area (Å²) >= 11 is 0. The zero-order valence-corrected chi connectivity index (χ0v) is 15.2. The minimum absolute atomic E-state index is 0.242. The first-order chi connectivity index (χ1) is 10.8. The average Bonchev–Trinajstić information content (AvgIpc) is 3.39. The molecular formula is C20H38O2. The third-order valence-electron chi connectivity index (χ3n) is 5.46. The minimum Gasteiger partial charge on any atom is -0.350 e. The first kappa shape index (κ1) is 18.3. The highest BCUT2D eigenvalue weighted by atomic mass is 16.7. The van der Waals surface area contributed by atoms with Crippen molar-refractivity contribution >= 4 is 0 Å². The summed E-state index contributed by atoms with van der Waals surface area (Å²) in [6.45, 7) is 8.12. The fourth-order valence-electron chi connectivity index (χ4n) is 4.14. The Labute approximate surface area is 138 Å². The predicted octanol–water partition coefficient (Wildman–Crippen LogP) is 5.94. The molecule has 130 valence electrons. The number of rotatable bonds is 14. The van der Waals surface area contributed by atoms with E-state index in [1.807, 2.05) is 0 Å². The molecule has 2 rings (SSSR count). The van der Waals surface area contributed by atoms with Gasteiger partial charge in [-0.3, -0.25) is 0 Å². The van der Waals surface area contributed by atoms with Gasteiger partial charge in [0.05, 0.1) is 0 Å². The van der Waals surface area contributed by atoms with Gasteiger partial charge in [0.2, 0.25) is 0 Å². The molecule has 2 heteroatoms. The van der Waals surface area contributed by atoms with Crippen molar-refractivity contribution in [2.24, 2.45) is 17.8 Å². The molecule has 0 bridgehead atoms. The van der Waals surface area contributed by atoms with E-state index in [1.165, 1.54) is 70.6 Å². The zero-order chi connectivity index (χ0) is 15.8. The summed E-state index contributed by atoms with van der Waals surface area (Å²) in [4.78, 5) is 0. The lowest BCUT2D eigenvalue weighted by Crippen LogP contribution is -2.47. The van der Waals surface area contributed by atoms with Gasteiger partial charge in [-0.1, -0.05) is 45.4 Å². The second-order valence-electron chi connectivity index (χ2n) is 7.36. The van der Waals surface area contributed by atoms with E-state index in [4.69, 9.17) is 9.47 Å². The van der Waals surface area contributed by atoms with E-state index < -0.39 is 0 Å². The van der Waals surface area contributed by atoms with Crippen LogP contribution in [0.25, 0.3) is 0 Å². The van der Waals surface area contributed by atoms with Gasteiger partial charge in [-0.05, 0) is 51.9 Å². The molecule has 1 unspecified atom stereocenters. The summed E-state index contributed by atoms with van der Waals surface area (Å²) in [5.41, 5.74) is 0. The van der Waals surface area contributed by atoms with E-state index in [1.54, 1.807) is 0 Å². The van der Waals surface area contributed by atoms with Gasteiger partial charge in [0.1, 0.15) is 0 Å². The van der Waals surface area contributed by atoms with Crippen LogP contribution in [0.3, 0.4) is 0 Å². The van der Waals surface area contributed by atoms with E-state index >= 15 is 0 Å². The van der Waals surface area contributed by atoms with Crippen molar-refractivity contribution in [2.45, 2.75) is 97.2 Å². The van der Waals surface area contributed by atoms with Gasteiger partial charge >= 0.3 is 0 Å². The highest BCUT2D eigenvalue weighted by molar-refractivity contribution is 4.99. The van der Waals surface area contributed by atoms with E-state index in [2.05, 4.69) is 20.8 Å². The quantitative estimate of drug-likeness (QED) is 0.292. The Bertz CT molecular complexity index is 288. The van der Waals surface area contributed by atoms with Crippen LogP contribution in [0.1, 0.15) is 91.4 Å². The number of unbranched alkanes of at least 4 members (excludes halogenated alkanes) is 5. The molecule has 0 radical (unpaired) electrons. The van der Waals surface area contributed by atoms with Crippen molar-refractivity contribution in [2.75, 3.05) is 13.2 Å². The van der Waals surface area contributed by atoms with Gasteiger partial charge in [0, 0.05) is 25.0 Å². The first-order valence-corrected chi connectivity index (χ1v) is 10.1. The SMILES string of the molecule is CCCCCCCCC(C1CC1)C(OCC)(OCC)C1CC1. The topological polar surface area (TPSA) is 18.5 Å². The largest absolute Gasteiger partial charge is 0.350 e. The number of hydrogen-bond donors (Lipinski definition) is 0. The van der Waals surface area contributed by atoms with Gasteiger partial charge in [0.25, 0.3) is 0 Å². The summed E-state index contributed by atoms with van der Waals surface area (Å²) in [5, 5.41) is 0. The summed E-state index contributed by atoms with van der Waals surface area (Å²) in [6.07, 6.45) is 15.0. The van der Waals surface area contributed by atoms with E-state index in [9.17, 15) is 0 Å². The highest BCUT2D eigenvalue weighted by Crippen LogP contribution is 2.55. The van der Waals surface area contributed by atoms with Crippen molar-refractivity contribution in [3.8, 4) is 0 Å². The lowest BCUT2D eigenvalue weighted by molar-refractivity contribution is -0.281. The number of ether oxygens (including phenoxy) is 2. The summed E-state index contributed by atoms with van der Waals surface area (Å²) in [7, 11) is 0. The maximum Gasteiger partial charge on any atom is 0.174 e. The molecule has 2 nitrogen and oxygen atoms in total. The molecule has 0 aromatic rings. The molecule has 0 aromatic carbocycles. The molecule has 2 fully saturated rings. The van der Waals surface area contributed by atoms with Crippen molar-refractivity contribution in [1.82, 2.24) is 0 Å². The molecule has 0 heterocycles. The molecular weight excluding hydrogens is 272 g/mol. The molecule has 2 aliphatic rings. The standard InChI is InChI=1S/C20H38O2/c1-4-7-8-9-10-11-12-19(17-13-14-17)20(21-5-2,22-6-3)18-15-16-18/h17-19H,4-16H2,1-3H3. The van der Waals surface area contributed by atoms with Crippen LogP contribution in [0, 0.1) is 17.8 Å². The summed E-state index contributed by atoms with van der Waals surface area (Å²) < 4.78 is 12.7. The third-order valence-corrected chi connectivity index (χ3v) is 5.46. The molecule has 2 saturated carbocycles. The van der Waals surface area contributed by atoms with Crippen molar-refractivity contribution in [1.29, 1.82) is 0 Å². The van der Waals surface area contributed by atoms with Crippen LogP contribution in [0.15, 0.2) is 0 Å². The van der Waals surface area contributed by atoms with Crippen LogP contribution in [0.5, 0.6) is 0 Å². The zero-order valence-electron chi connectivity index (χ0n) is 15.2. The van der Waals surface area contributed by atoms with Crippen LogP contribution < -0.4 is 0 Å². The Morgan fingerprint density at radius 1 is 0.818 bits per heavy atom. The molecule has 1 atom stereocenters. The Morgan fingerprint density at radius 2 is 1.41 bits per heavy atom. The Morgan fingerprint density at radius 3 is 1.91 bits per heavy atom. The lowest BCUT2D eigenvalue weighted by Gasteiger charge is -2.41. The highest BCUT2D eigenvalue weighted by Gasteiger charge is 2.56. The maximum atomic E-state index is 6.33. The van der Waals surface area contributed by atoms with Gasteiger partial charge < -0.3 is 9.47 Å². The van der Waals surface area contributed by atoms with Crippen LogP contribution in [-0.4, -0.2) is 19.0 Å². The normalized spacial score (nSPS) is 20.3.